The van der Waals surface area contributed by atoms with Gasteiger partial charge in [0.25, 0.3) is 0 Å². The van der Waals surface area contributed by atoms with Gasteiger partial charge in [0.2, 0.25) is 0 Å². The Hall–Kier alpha value is -1.27. The van der Waals surface area contributed by atoms with E-state index in [4.69, 9.17) is 0 Å². The number of benzene rings is 1. The van der Waals surface area contributed by atoms with Crippen molar-refractivity contribution >= 4 is 13.9 Å². The lowest BCUT2D eigenvalue weighted by Gasteiger charge is -2.01. The number of aromatic nitrogens is 1. The first-order chi connectivity index (χ1) is 7.34. The molecule has 0 aliphatic rings. The van der Waals surface area contributed by atoms with Crippen LogP contribution < -0.4 is 5.30 Å². The molecule has 0 aliphatic carbocycles. The van der Waals surface area contributed by atoms with E-state index in [2.05, 4.69) is 4.98 Å². The lowest BCUT2D eigenvalue weighted by Crippen LogP contribution is -1.93. The van der Waals surface area contributed by atoms with E-state index in [-0.39, 0.29) is 5.82 Å². The first-order valence-corrected chi connectivity index (χ1v) is 5.93. The van der Waals surface area contributed by atoms with Crippen LogP contribution in [0.2, 0.25) is 0 Å². The summed E-state index contributed by atoms with van der Waals surface area (Å²) >= 11 is 0. The van der Waals surface area contributed by atoms with Crippen molar-refractivity contribution in [1.29, 1.82) is 0 Å². The Kier molecular flexibility index (Phi) is 3.41. The maximum Gasteiger partial charge on any atom is 0.123 e. The molecule has 1 heterocycles. The Balaban J connectivity index is 1.96. The lowest BCUT2D eigenvalue weighted by molar-refractivity contribution is 0.627. The van der Waals surface area contributed by atoms with Crippen molar-refractivity contribution in [3.8, 4) is 0 Å². The molecule has 15 heavy (non-hydrogen) atoms. The highest BCUT2D eigenvalue weighted by Gasteiger charge is 1.95. The van der Waals surface area contributed by atoms with Crippen molar-refractivity contribution in [2.24, 2.45) is 0 Å². The summed E-state index contributed by atoms with van der Waals surface area (Å²) in [5, 5.41) is 1.29. The third-order valence-electron chi connectivity index (χ3n) is 2.09. The van der Waals surface area contributed by atoms with Crippen molar-refractivity contribution in [2.75, 3.05) is 0 Å². The van der Waals surface area contributed by atoms with Gasteiger partial charge >= 0.3 is 0 Å². The van der Waals surface area contributed by atoms with E-state index >= 15 is 0 Å². The van der Waals surface area contributed by atoms with Crippen molar-refractivity contribution in [3.05, 3.63) is 60.2 Å². The molecule has 0 bridgehead atoms. The third-order valence-corrected chi connectivity index (χ3v) is 3.42. The van der Waals surface area contributed by atoms with Gasteiger partial charge < -0.3 is 0 Å². The van der Waals surface area contributed by atoms with E-state index in [1.165, 1.54) is 23.0 Å². The van der Waals surface area contributed by atoms with Crippen molar-refractivity contribution in [3.63, 3.8) is 0 Å². The summed E-state index contributed by atoms with van der Waals surface area (Å²) in [4.78, 5) is 3.97. The summed E-state index contributed by atoms with van der Waals surface area (Å²) in [5.74, 6) is -0.175. The van der Waals surface area contributed by atoms with Crippen LogP contribution in [-0.4, -0.2) is 4.98 Å². The quantitative estimate of drug-likeness (QED) is 0.722. The number of rotatable bonds is 3. The predicted octanol–water partition coefficient (Wildman–Crippen LogP) is 2.72. The Labute approximate surface area is 90.2 Å². The zero-order valence-corrected chi connectivity index (χ0v) is 9.15. The van der Waals surface area contributed by atoms with Gasteiger partial charge in [-0.15, -0.1) is 0 Å². The fourth-order valence-corrected chi connectivity index (χ4v) is 2.30. The Morgan fingerprint density at radius 1 is 1.00 bits per heavy atom. The topological polar surface area (TPSA) is 12.9 Å². The summed E-state index contributed by atoms with van der Waals surface area (Å²) in [6, 6.07) is 10.7. The van der Waals surface area contributed by atoms with Crippen LogP contribution in [0.25, 0.3) is 0 Å². The van der Waals surface area contributed by atoms with E-state index < -0.39 is 0 Å². The second kappa shape index (κ2) is 4.99. The van der Waals surface area contributed by atoms with Gasteiger partial charge in [0, 0.05) is 12.4 Å². The molecular weight excluding hydrogens is 207 g/mol. The monoisotopic (exact) mass is 218 g/mol. The van der Waals surface area contributed by atoms with Gasteiger partial charge in [-0.05, 0) is 41.3 Å². The minimum Gasteiger partial charge on any atom is -0.265 e. The number of nitrogens with zero attached hydrogens (tertiary/aromatic N) is 1. The molecule has 0 amide bonds. The zero-order chi connectivity index (χ0) is 10.5. The molecule has 3 heteroatoms. The van der Waals surface area contributed by atoms with E-state index in [1.54, 1.807) is 12.4 Å². The van der Waals surface area contributed by atoms with Crippen LogP contribution in [0.15, 0.2) is 48.8 Å². The fraction of sp³-hybridized carbons (Fsp3) is 0.0833. The van der Waals surface area contributed by atoms with Gasteiger partial charge in [0.1, 0.15) is 5.82 Å². The first-order valence-electron chi connectivity index (χ1n) is 4.73. The van der Waals surface area contributed by atoms with Crippen molar-refractivity contribution in [1.82, 2.24) is 4.98 Å². The summed E-state index contributed by atoms with van der Waals surface area (Å²) in [5.41, 5.74) is 1.17. The molecule has 0 aliphatic heterocycles. The molecule has 1 aromatic carbocycles. The number of halogens is 1. The van der Waals surface area contributed by atoms with Crippen LogP contribution in [0.4, 0.5) is 4.39 Å². The van der Waals surface area contributed by atoms with Crippen LogP contribution >= 0.6 is 8.58 Å². The molecular formula is C12H11FNP. The molecule has 2 aromatic rings. The summed E-state index contributed by atoms with van der Waals surface area (Å²) in [6.45, 7) is 0. The molecule has 76 valence electrons. The van der Waals surface area contributed by atoms with Gasteiger partial charge in [0.15, 0.2) is 0 Å². The summed E-state index contributed by atoms with van der Waals surface area (Å²) in [6.07, 6.45) is 4.56. The minimum absolute atomic E-state index is 0.175. The van der Waals surface area contributed by atoms with E-state index in [0.29, 0.717) is 8.58 Å². The molecule has 2 rings (SSSR count). The second-order valence-corrected chi connectivity index (χ2v) is 4.50. The summed E-state index contributed by atoms with van der Waals surface area (Å²) in [7, 11) is 0.716. The molecule has 1 aromatic heterocycles. The minimum atomic E-state index is -0.175. The van der Waals surface area contributed by atoms with Crippen molar-refractivity contribution < 1.29 is 4.39 Å². The molecule has 1 unspecified atom stereocenters. The molecule has 0 saturated carbocycles. The SMILES string of the molecule is [18F]c1ccc(CPc2ccncc2)cc1. The smallest absolute Gasteiger partial charge is 0.123 e. The largest absolute Gasteiger partial charge is 0.265 e. The fourth-order valence-electron chi connectivity index (χ4n) is 1.28. The molecule has 0 N–H and O–H groups in total. The average molecular weight is 218 g/mol. The Morgan fingerprint density at radius 3 is 2.33 bits per heavy atom. The summed E-state index contributed by atoms with van der Waals surface area (Å²) < 4.78 is 12.6. The number of pyridine rings is 1. The van der Waals surface area contributed by atoms with Gasteiger partial charge in [-0.2, -0.15) is 0 Å². The molecule has 0 spiro atoms. The van der Waals surface area contributed by atoms with E-state index in [1.807, 2.05) is 24.3 Å². The standard InChI is InChI=1S/C12H11FNP/c13-11-3-1-10(2-4-11)9-15-12-5-7-14-8-6-12/h1-8,15H,9H2/i13-1. The number of hydrogen-bond acceptors (Lipinski definition) is 1. The highest BCUT2D eigenvalue weighted by atomic mass is 31.1. The molecule has 1 atom stereocenters. The lowest BCUT2D eigenvalue weighted by atomic mass is 10.2. The van der Waals surface area contributed by atoms with Crippen LogP contribution in [0.1, 0.15) is 5.56 Å². The highest BCUT2D eigenvalue weighted by molar-refractivity contribution is 7.46. The normalized spacial score (nSPS) is 11.0. The molecule has 0 saturated heterocycles. The van der Waals surface area contributed by atoms with Crippen LogP contribution in [0.3, 0.4) is 0 Å². The van der Waals surface area contributed by atoms with Crippen molar-refractivity contribution in [2.45, 2.75) is 6.16 Å². The average Bonchev–Trinajstić information content (AvgIpc) is 2.30. The zero-order valence-electron chi connectivity index (χ0n) is 8.15. The maximum atomic E-state index is 12.6. The van der Waals surface area contributed by atoms with E-state index in [0.717, 1.165) is 6.16 Å². The maximum absolute atomic E-state index is 12.6. The van der Waals surface area contributed by atoms with Gasteiger partial charge in [-0.25, -0.2) is 4.39 Å². The van der Waals surface area contributed by atoms with Crippen LogP contribution in [-0.2, 0) is 6.16 Å². The molecule has 0 fully saturated rings. The van der Waals surface area contributed by atoms with Crippen LogP contribution in [0, 0.1) is 5.82 Å². The Bertz CT molecular complexity index is 413. The van der Waals surface area contributed by atoms with Gasteiger partial charge in [0.05, 0.1) is 0 Å². The van der Waals surface area contributed by atoms with E-state index in [9.17, 15) is 4.39 Å². The highest BCUT2D eigenvalue weighted by Crippen LogP contribution is 2.17. The first kappa shape index (κ1) is 10.3. The molecule has 0 radical (unpaired) electrons. The van der Waals surface area contributed by atoms with Gasteiger partial charge in [-0.1, -0.05) is 20.7 Å². The Morgan fingerprint density at radius 2 is 1.67 bits per heavy atom. The number of hydrogen-bond donors (Lipinski definition) is 0. The predicted molar refractivity (Wildman–Crippen MR) is 62.3 cm³/mol. The van der Waals surface area contributed by atoms with Gasteiger partial charge in [-0.3, -0.25) is 4.98 Å². The third kappa shape index (κ3) is 3.10. The van der Waals surface area contributed by atoms with Crippen LogP contribution in [0.5, 0.6) is 0 Å². The molecule has 1 nitrogen and oxygen atoms in total. The second-order valence-electron chi connectivity index (χ2n) is 3.22.